The van der Waals surface area contributed by atoms with E-state index in [1.165, 1.54) is 17.8 Å². The van der Waals surface area contributed by atoms with Gasteiger partial charge >= 0.3 is 0 Å². The Bertz CT molecular complexity index is 563. The van der Waals surface area contributed by atoms with Gasteiger partial charge in [-0.2, -0.15) is 26.7 Å². The SMILES string of the molecule is Nc1nc(N)nc(CSCCOc2ccccc2F)n1. The summed E-state index contributed by atoms with van der Waals surface area (Å²) in [6.45, 7) is 0.391. The minimum Gasteiger partial charge on any atom is -0.490 e. The third-order valence-electron chi connectivity index (χ3n) is 2.27. The summed E-state index contributed by atoms with van der Waals surface area (Å²) >= 11 is 1.54. The number of nitrogens with two attached hydrogens (primary N) is 2. The second-order valence-electron chi connectivity index (χ2n) is 3.80. The van der Waals surface area contributed by atoms with Gasteiger partial charge in [0.1, 0.15) is 5.82 Å². The van der Waals surface area contributed by atoms with E-state index in [2.05, 4.69) is 15.0 Å². The Labute approximate surface area is 119 Å². The zero-order valence-corrected chi connectivity index (χ0v) is 11.4. The zero-order valence-electron chi connectivity index (χ0n) is 10.6. The average Bonchev–Trinajstić information content (AvgIpc) is 2.39. The smallest absolute Gasteiger partial charge is 0.225 e. The summed E-state index contributed by atoms with van der Waals surface area (Å²) in [4.78, 5) is 11.6. The molecule has 106 valence electrons. The van der Waals surface area contributed by atoms with Gasteiger partial charge in [0.25, 0.3) is 0 Å². The first-order valence-corrected chi connectivity index (χ1v) is 7.01. The van der Waals surface area contributed by atoms with Crippen molar-refractivity contribution in [1.29, 1.82) is 0 Å². The van der Waals surface area contributed by atoms with Gasteiger partial charge < -0.3 is 16.2 Å². The van der Waals surface area contributed by atoms with Crippen molar-refractivity contribution in [3.8, 4) is 5.75 Å². The van der Waals surface area contributed by atoms with Crippen molar-refractivity contribution >= 4 is 23.7 Å². The standard InChI is InChI=1S/C12H14FN5OS/c13-8-3-1-2-4-9(8)19-5-6-20-7-10-16-11(14)18-12(15)17-10/h1-4H,5-7H2,(H4,14,15,16,17,18). The van der Waals surface area contributed by atoms with Gasteiger partial charge in [-0.25, -0.2) is 4.39 Å². The fourth-order valence-corrected chi connectivity index (χ4v) is 2.11. The van der Waals surface area contributed by atoms with E-state index in [9.17, 15) is 4.39 Å². The highest BCUT2D eigenvalue weighted by molar-refractivity contribution is 7.98. The summed E-state index contributed by atoms with van der Waals surface area (Å²) in [5.41, 5.74) is 10.9. The molecule has 0 unspecified atom stereocenters. The molecule has 1 heterocycles. The van der Waals surface area contributed by atoms with Gasteiger partial charge in [0.2, 0.25) is 11.9 Å². The number of thioether (sulfide) groups is 1. The normalized spacial score (nSPS) is 10.4. The van der Waals surface area contributed by atoms with Crippen molar-refractivity contribution in [2.75, 3.05) is 23.8 Å². The molecule has 0 amide bonds. The summed E-state index contributed by atoms with van der Waals surface area (Å²) in [5.74, 6) is 1.83. The van der Waals surface area contributed by atoms with Crippen LogP contribution in [0.1, 0.15) is 5.82 Å². The highest BCUT2D eigenvalue weighted by atomic mass is 32.2. The summed E-state index contributed by atoms with van der Waals surface area (Å²) in [6, 6.07) is 6.29. The van der Waals surface area contributed by atoms with E-state index in [-0.39, 0.29) is 23.5 Å². The number of hydrogen-bond donors (Lipinski definition) is 2. The van der Waals surface area contributed by atoms with E-state index in [4.69, 9.17) is 16.2 Å². The first-order valence-electron chi connectivity index (χ1n) is 5.86. The number of hydrogen-bond acceptors (Lipinski definition) is 7. The zero-order chi connectivity index (χ0) is 14.4. The number of rotatable bonds is 6. The van der Waals surface area contributed by atoms with Crippen LogP contribution >= 0.6 is 11.8 Å². The van der Waals surface area contributed by atoms with Crippen LogP contribution in [0.3, 0.4) is 0 Å². The monoisotopic (exact) mass is 295 g/mol. The lowest BCUT2D eigenvalue weighted by molar-refractivity contribution is 0.325. The van der Waals surface area contributed by atoms with Gasteiger partial charge in [0.15, 0.2) is 11.6 Å². The summed E-state index contributed by atoms with van der Waals surface area (Å²) < 4.78 is 18.6. The molecular formula is C12H14FN5OS. The Balaban J connectivity index is 1.73. The first-order chi connectivity index (χ1) is 9.65. The molecule has 2 aromatic rings. The van der Waals surface area contributed by atoms with Crippen molar-refractivity contribution < 1.29 is 9.13 Å². The first kappa shape index (κ1) is 14.3. The van der Waals surface area contributed by atoms with Gasteiger partial charge in [0.05, 0.1) is 12.4 Å². The molecule has 8 heteroatoms. The number of benzene rings is 1. The minimum absolute atomic E-state index is 0.107. The summed E-state index contributed by atoms with van der Waals surface area (Å²) in [5, 5.41) is 0. The number of para-hydroxylation sites is 1. The number of anilines is 2. The minimum atomic E-state index is -0.365. The maximum Gasteiger partial charge on any atom is 0.225 e. The molecule has 4 N–H and O–H groups in total. The molecule has 1 aromatic heterocycles. The summed E-state index contributed by atoms with van der Waals surface area (Å²) in [6.07, 6.45) is 0. The van der Waals surface area contributed by atoms with Crippen LogP contribution in [0, 0.1) is 5.82 Å². The van der Waals surface area contributed by atoms with Gasteiger partial charge in [-0.1, -0.05) is 12.1 Å². The molecule has 2 rings (SSSR count). The molecule has 20 heavy (non-hydrogen) atoms. The van der Waals surface area contributed by atoms with Crippen LogP contribution in [0.2, 0.25) is 0 Å². The molecule has 0 aliphatic carbocycles. The number of aromatic nitrogens is 3. The molecule has 0 radical (unpaired) electrons. The lowest BCUT2D eigenvalue weighted by Gasteiger charge is -2.06. The van der Waals surface area contributed by atoms with Gasteiger partial charge in [-0.15, -0.1) is 0 Å². The van der Waals surface area contributed by atoms with Crippen molar-refractivity contribution in [1.82, 2.24) is 15.0 Å². The van der Waals surface area contributed by atoms with Crippen LogP contribution < -0.4 is 16.2 Å². The molecule has 0 atom stereocenters. The maximum absolute atomic E-state index is 13.3. The van der Waals surface area contributed by atoms with E-state index in [0.717, 1.165) is 0 Å². The molecule has 0 saturated heterocycles. The van der Waals surface area contributed by atoms with Crippen molar-refractivity contribution in [2.45, 2.75) is 5.75 Å². The number of halogens is 1. The molecule has 0 spiro atoms. The second-order valence-corrected chi connectivity index (χ2v) is 4.90. The largest absolute Gasteiger partial charge is 0.490 e. The Morgan fingerprint density at radius 2 is 1.80 bits per heavy atom. The molecule has 1 aromatic carbocycles. The second kappa shape index (κ2) is 6.90. The predicted molar refractivity (Wildman–Crippen MR) is 76.7 cm³/mol. The lowest BCUT2D eigenvalue weighted by Crippen LogP contribution is -2.07. The average molecular weight is 295 g/mol. The molecule has 0 aliphatic heterocycles. The van der Waals surface area contributed by atoms with Gasteiger partial charge in [-0.3, -0.25) is 0 Å². The van der Waals surface area contributed by atoms with Crippen LogP contribution in [0.25, 0.3) is 0 Å². The Morgan fingerprint density at radius 1 is 1.10 bits per heavy atom. The Hall–Kier alpha value is -2.09. The van der Waals surface area contributed by atoms with Crippen molar-refractivity contribution in [2.24, 2.45) is 0 Å². The molecule has 0 fully saturated rings. The van der Waals surface area contributed by atoms with Crippen LogP contribution in [-0.4, -0.2) is 27.3 Å². The Morgan fingerprint density at radius 3 is 2.50 bits per heavy atom. The van der Waals surface area contributed by atoms with Crippen LogP contribution in [0.4, 0.5) is 16.3 Å². The number of ether oxygens (including phenoxy) is 1. The summed E-state index contributed by atoms with van der Waals surface area (Å²) in [7, 11) is 0. The molecule has 0 aliphatic rings. The number of nitrogens with zero attached hydrogens (tertiary/aromatic N) is 3. The van der Waals surface area contributed by atoms with Gasteiger partial charge in [-0.05, 0) is 12.1 Å². The maximum atomic E-state index is 13.3. The van der Waals surface area contributed by atoms with Gasteiger partial charge in [0, 0.05) is 5.75 Å². The molecule has 6 nitrogen and oxygen atoms in total. The number of nitrogen functional groups attached to an aromatic ring is 2. The van der Waals surface area contributed by atoms with E-state index in [1.807, 2.05) is 0 Å². The van der Waals surface area contributed by atoms with E-state index in [1.54, 1.807) is 18.2 Å². The highest BCUT2D eigenvalue weighted by Crippen LogP contribution is 2.16. The molecule has 0 bridgehead atoms. The third kappa shape index (κ3) is 4.23. The lowest BCUT2D eigenvalue weighted by atomic mass is 10.3. The van der Waals surface area contributed by atoms with Crippen LogP contribution in [0.5, 0.6) is 5.75 Å². The fraction of sp³-hybridized carbons (Fsp3) is 0.250. The van der Waals surface area contributed by atoms with Crippen LogP contribution in [0.15, 0.2) is 24.3 Å². The van der Waals surface area contributed by atoms with E-state index < -0.39 is 0 Å². The van der Waals surface area contributed by atoms with E-state index in [0.29, 0.717) is 23.9 Å². The highest BCUT2D eigenvalue weighted by Gasteiger charge is 2.03. The topological polar surface area (TPSA) is 99.9 Å². The predicted octanol–water partition coefficient (Wildman–Crippen LogP) is 1.49. The Kier molecular flexibility index (Phi) is 4.94. The molecule has 0 saturated carbocycles. The van der Waals surface area contributed by atoms with E-state index >= 15 is 0 Å². The quantitative estimate of drug-likeness (QED) is 0.779. The third-order valence-corrected chi connectivity index (χ3v) is 3.19. The van der Waals surface area contributed by atoms with Crippen molar-refractivity contribution in [3.63, 3.8) is 0 Å². The van der Waals surface area contributed by atoms with Crippen LogP contribution in [-0.2, 0) is 5.75 Å². The van der Waals surface area contributed by atoms with Crippen molar-refractivity contribution in [3.05, 3.63) is 35.9 Å². The fourth-order valence-electron chi connectivity index (χ4n) is 1.46. The molecular weight excluding hydrogens is 281 g/mol.